The van der Waals surface area contributed by atoms with Crippen molar-refractivity contribution in [1.82, 2.24) is 0 Å². The Morgan fingerprint density at radius 3 is 1.32 bits per heavy atom. The van der Waals surface area contributed by atoms with Crippen LogP contribution >= 0.6 is 0 Å². The summed E-state index contributed by atoms with van der Waals surface area (Å²) in [5.41, 5.74) is 0. The van der Waals surface area contributed by atoms with E-state index in [0.717, 1.165) is 64.2 Å². The summed E-state index contributed by atoms with van der Waals surface area (Å²) in [6, 6.07) is 0. The van der Waals surface area contributed by atoms with Crippen LogP contribution in [0, 0.1) is 0 Å². The van der Waals surface area contributed by atoms with Crippen LogP contribution in [0.5, 0.6) is 0 Å². The lowest BCUT2D eigenvalue weighted by atomic mass is 10.0. The van der Waals surface area contributed by atoms with Crippen molar-refractivity contribution in [2.75, 3.05) is 0 Å². The molecule has 0 saturated heterocycles. The molecule has 0 fully saturated rings. The molecule has 0 aliphatic rings. The highest BCUT2D eigenvalue weighted by molar-refractivity contribution is 5.69. The molecule has 0 saturated carbocycles. The first-order valence-electron chi connectivity index (χ1n) is 15.0. The summed E-state index contributed by atoms with van der Waals surface area (Å²) in [6.07, 6.45) is 28.8. The van der Waals surface area contributed by atoms with Gasteiger partial charge in [0.25, 0.3) is 0 Å². The van der Waals surface area contributed by atoms with E-state index in [0.29, 0.717) is 6.42 Å². The van der Waals surface area contributed by atoms with Crippen molar-refractivity contribution in [1.29, 1.82) is 0 Å². The SMILES string of the molecule is CCCCCCCCCCCCCCCCC(CCCCCCCC(=O)O)OC(=O)CCCC. The normalized spacial score (nSPS) is 12.1. The molecular weight excluding hydrogens is 424 g/mol. The Labute approximate surface area is 212 Å². The van der Waals surface area contributed by atoms with Gasteiger partial charge >= 0.3 is 11.9 Å². The molecule has 0 aliphatic carbocycles. The van der Waals surface area contributed by atoms with Gasteiger partial charge in [-0.15, -0.1) is 0 Å². The van der Waals surface area contributed by atoms with Crippen molar-refractivity contribution in [3.8, 4) is 0 Å². The minimum Gasteiger partial charge on any atom is -0.481 e. The number of carbonyl (C=O) groups is 2. The maximum atomic E-state index is 12.1. The number of carbonyl (C=O) groups excluding carboxylic acids is 1. The van der Waals surface area contributed by atoms with Gasteiger partial charge in [0.1, 0.15) is 6.10 Å². The molecule has 0 heterocycles. The highest BCUT2D eigenvalue weighted by atomic mass is 16.5. The Kier molecular flexibility index (Phi) is 25.7. The molecule has 0 spiro atoms. The molecule has 0 aromatic rings. The Morgan fingerprint density at radius 2 is 0.912 bits per heavy atom. The van der Waals surface area contributed by atoms with Crippen LogP contribution in [0.15, 0.2) is 0 Å². The third-order valence-electron chi connectivity index (χ3n) is 6.83. The van der Waals surface area contributed by atoms with E-state index < -0.39 is 5.97 Å². The summed E-state index contributed by atoms with van der Waals surface area (Å²) in [5.74, 6) is -0.731. The zero-order chi connectivity index (χ0) is 25.1. The lowest BCUT2D eigenvalue weighted by Gasteiger charge is -2.18. The van der Waals surface area contributed by atoms with Gasteiger partial charge in [-0.05, 0) is 38.5 Å². The summed E-state index contributed by atoms with van der Waals surface area (Å²) < 4.78 is 5.81. The predicted octanol–water partition coefficient (Wildman–Crippen LogP) is 9.78. The van der Waals surface area contributed by atoms with Gasteiger partial charge in [-0.3, -0.25) is 9.59 Å². The molecule has 202 valence electrons. The van der Waals surface area contributed by atoms with E-state index in [4.69, 9.17) is 9.84 Å². The van der Waals surface area contributed by atoms with Crippen LogP contribution in [0.3, 0.4) is 0 Å². The fourth-order valence-corrected chi connectivity index (χ4v) is 4.57. The van der Waals surface area contributed by atoms with Gasteiger partial charge in [0.2, 0.25) is 0 Å². The smallest absolute Gasteiger partial charge is 0.306 e. The van der Waals surface area contributed by atoms with Crippen LogP contribution in [0.4, 0.5) is 0 Å². The number of carboxylic acid groups (broad SMARTS) is 1. The minimum absolute atomic E-state index is 0.0290. The number of ether oxygens (including phenoxy) is 1. The van der Waals surface area contributed by atoms with E-state index in [1.54, 1.807) is 0 Å². The molecule has 4 nitrogen and oxygen atoms in total. The molecular formula is C30H58O4. The number of aliphatic carboxylic acids is 1. The summed E-state index contributed by atoms with van der Waals surface area (Å²) in [5, 5.41) is 8.71. The van der Waals surface area contributed by atoms with Crippen LogP contribution in [-0.2, 0) is 14.3 Å². The highest BCUT2D eigenvalue weighted by Crippen LogP contribution is 2.18. The maximum Gasteiger partial charge on any atom is 0.306 e. The lowest BCUT2D eigenvalue weighted by molar-refractivity contribution is -0.150. The van der Waals surface area contributed by atoms with Crippen molar-refractivity contribution in [2.45, 2.75) is 180 Å². The van der Waals surface area contributed by atoms with E-state index >= 15 is 0 Å². The Bertz CT molecular complexity index is 449. The Balaban J connectivity index is 3.79. The molecule has 0 aromatic carbocycles. The molecule has 1 unspecified atom stereocenters. The quantitative estimate of drug-likeness (QED) is 0.0934. The van der Waals surface area contributed by atoms with Gasteiger partial charge in [0.05, 0.1) is 0 Å². The largest absolute Gasteiger partial charge is 0.481 e. The fraction of sp³-hybridized carbons (Fsp3) is 0.933. The third kappa shape index (κ3) is 25.6. The van der Waals surface area contributed by atoms with Crippen molar-refractivity contribution < 1.29 is 19.4 Å². The molecule has 1 N–H and O–H groups in total. The van der Waals surface area contributed by atoms with E-state index in [-0.39, 0.29) is 18.5 Å². The molecule has 0 amide bonds. The van der Waals surface area contributed by atoms with E-state index in [2.05, 4.69) is 13.8 Å². The number of rotatable bonds is 27. The average Bonchev–Trinajstić information content (AvgIpc) is 2.81. The van der Waals surface area contributed by atoms with E-state index in [1.165, 1.54) is 83.5 Å². The standard InChI is InChI=1S/C30H58O4/c1-3-5-7-8-9-10-11-12-13-14-15-16-18-21-24-28(34-30(33)27-6-4-2)25-22-19-17-20-23-26-29(31)32/h28H,3-27H2,1-2H3,(H,31,32). The molecule has 0 aliphatic heterocycles. The molecule has 34 heavy (non-hydrogen) atoms. The fourth-order valence-electron chi connectivity index (χ4n) is 4.57. The first-order valence-corrected chi connectivity index (χ1v) is 15.0. The molecule has 0 radical (unpaired) electrons. The second-order valence-electron chi connectivity index (χ2n) is 10.3. The summed E-state index contributed by atoms with van der Waals surface area (Å²) in [7, 11) is 0. The van der Waals surface area contributed by atoms with Crippen molar-refractivity contribution in [3.05, 3.63) is 0 Å². The molecule has 0 rings (SSSR count). The first kappa shape index (κ1) is 32.9. The van der Waals surface area contributed by atoms with Gasteiger partial charge < -0.3 is 9.84 Å². The van der Waals surface area contributed by atoms with Crippen LogP contribution in [0.2, 0.25) is 0 Å². The number of carboxylic acids is 1. The Hall–Kier alpha value is -1.06. The molecule has 1 atom stereocenters. The first-order chi connectivity index (χ1) is 16.6. The second-order valence-corrected chi connectivity index (χ2v) is 10.3. The van der Waals surface area contributed by atoms with Crippen LogP contribution in [0.25, 0.3) is 0 Å². The van der Waals surface area contributed by atoms with Crippen molar-refractivity contribution in [2.24, 2.45) is 0 Å². The van der Waals surface area contributed by atoms with E-state index in [9.17, 15) is 9.59 Å². The molecule has 0 bridgehead atoms. The highest BCUT2D eigenvalue weighted by Gasteiger charge is 2.14. The van der Waals surface area contributed by atoms with Gasteiger partial charge in [0, 0.05) is 12.8 Å². The van der Waals surface area contributed by atoms with Crippen LogP contribution in [-0.4, -0.2) is 23.1 Å². The van der Waals surface area contributed by atoms with Gasteiger partial charge in [-0.1, -0.05) is 123 Å². The summed E-state index contributed by atoms with van der Waals surface area (Å²) >= 11 is 0. The molecule has 4 heteroatoms. The number of unbranched alkanes of at least 4 members (excludes halogenated alkanes) is 18. The monoisotopic (exact) mass is 482 g/mol. The van der Waals surface area contributed by atoms with E-state index in [1.807, 2.05) is 0 Å². The number of hydrogen-bond donors (Lipinski definition) is 1. The number of hydrogen-bond acceptors (Lipinski definition) is 3. The van der Waals surface area contributed by atoms with Crippen LogP contribution in [0.1, 0.15) is 174 Å². The topological polar surface area (TPSA) is 63.6 Å². The van der Waals surface area contributed by atoms with Crippen LogP contribution < -0.4 is 0 Å². The second kappa shape index (κ2) is 26.5. The minimum atomic E-state index is -0.702. The zero-order valence-corrected chi connectivity index (χ0v) is 22.9. The van der Waals surface area contributed by atoms with Gasteiger partial charge in [0.15, 0.2) is 0 Å². The van der Waals surface area contributed by atoms with Gasteiger partial charge in [-0.2, -0.15) is 0 Å². The van der Waals surface area contributed by atoms with Gasteiger partial charge in [-0.25, -0.2) is 0 Å². The van der Waals surface area contributed by atoms with Crippen molar-refractivity contribution in [3.63, 3.8) is 0 Å². The summed E-state index contributed by atoms with van der Waals surface area (Å²) in [6.45, 7) is 4.38. The summed E-state index contributed by atoms with van der Waals surface area (Å²) in [4.78, 5) is 22.7. The zero-order valence-electron chi connectivity index (χ0n) is 22.9. The number of esters is 1. The lowest BCUT2D eigenvalue weighted by Crippen LogP contribution is -2.18. The van der Waals surface area contributed by atoms with Crippen molar-refractivity contribution >= 4 is 11.9 Å². The Morgan fingerprint density at radius 1 is 0.529 bits per heavy atom. The average molecular weight is 483 g/mol. The predicted molar refractivity (Wildman–Crippen MR) is 144 cm³/mol. The maximum absolute atomic E-state index is 12.1. The third-order valence-corrected chi connectivity index (χ3v) is 6.83. The molecule has 0 aromatic heterocycles.